The van der Waals surface area contributed by atoms with Crippen molar-refractivity contribution in [2.45, 2.75) is 39.2 Å². The van der Waals surface area contributed by atoms with E-state index in [1.165, 1.54) is 30.4 Å². The molecule has 1 heterocycles. The van der Waals surface area contributed by atoms with E-state index in [9.17, 15) is 0 Å². The van der Waals surface area contributed by atoms with Crippen molar-refractivity contribution < 1.29 is 0 Å². The molecule has 1 aromatic carbocycles. The number of fused-ring (bicyclic) bond motifs is 1. The molecule has 0 radical (unpaired) electrons. The van der Waals surface area contributed by atoms with Gasteiger partial charge in [0, 0.05) is 16.8 Å². The number of rotatable bonds is 3. The number of nitrogens with zero attached hydrogens (tertiary/aromatic N) is 2. The fourth-order valence-electron chi connectivity index (χ4n) is 2.72. The van der Waals surface area contributed by atoms with E-state index in [0.29, 0.717) is 12.5 Å². The molecular weight excluding hydrogens is 280 g/mol. The molecule has 5 heteroatoms. The van der Waals surface area contributed by atoms with Gasteiger partial charge in [0.15, 0.2) is 5.96 Å². The van der Waals surface area contributed by atoms with Crippen LogP contribution in [-0.4, -0.2) is 10.9 Å². The highest BCUT2D eigenvalue weighted by Gasteiger charge is 2.13. The first kappa shape index (κ1) is 14.1. The summed E-state index contributed by atoms with van der Waals surface area (Å²) in [6.45, 7) is 2.58. The summed E-state index contributed by atoms with van der Waals surface area (Å²) in [6, 6.07) is 6.39. The van der Waals surface area contributed by atoms with E-state index >= 15 is 0 Å². The molecule has 0 spiro atoms. The Balaban J connectivity index is 1.71. The van der Waals surface area contributed by atoms with Crippen LogP contribution in [0.1, 0.15) is 33.9 Å². The summed E-state index contributed by atoms with van der Waals surface area (Å²) >= 11 is 1.66. The van der Waals surface area contributed by atoms with Gasteiger partial charge in [-0.2, -0.15) is 0 Å². The molecule has 2 aromatic rings. The van der Waals surface area contributed by atoms with E-state index in [1.807, 2.05) is 13.1 Å². The van der Waals surface area contributed by atoms with Crippen molar-refractivity contribution in [1.82, 2.24) is 4.98 Å². The lowest BCUT2D eigenvalue weighted by molar-refractivity contribution is 0.687. The number of thiazole rings is 1. The zero-order valence-corrected chi connectivity index (χ0v) is 13.0. The molecule has 0 bridgehead atoms. The van der Waals surface area contributed by atoms with Gasteiger partial charge >= 0.3 is 0 Å². The van der Waals surface area contributed by atoms with Gasteiger partial charge < -0.3 is 11.1 Å². The Morgan fingerprint density at radius 2 is 2.24 bits per heavy atom. The first-order chi connectivity index (χ1) is 10.2. The molecule has 0 aliphatic heterocycles. The van der Waals surface area contributed by atoms with Gasteiger partial charge in [0.2, 0.25) is 0 Å². The Kier molecular flexibility index (Phi) is 4.20. The minimum atomic E-state index is 0.472. The lowest BCUT2D eigenvalue weighted by atomic mass is 9.90. The summed E-state index contributed by atoms with van der Waals surface area (Å²) in [6.07, 6.45) is 6.69. The van der Waals surface area contributed by atoms with Gasteiger partial charge in [-0.05, 0) is 49.8 Å². The molecule has 0 unspecified atom stereocenters. The van der Waals surface area contributed by atoms with Crippen molar-refractivity contribution in [3.63, 3.8) is 0 Å². The lowest BCUT2D eigenvalue weighted by Crippen LogP contribution is -2.24. The van der Waals surface area contributed by atoms with E-state index in [1.54, 1.807) is 11.3 Å². The third-order valence-corrected chi connectivity index (χ3v) is 4.63. The van der Waals surface area contributed by atoms with Crippen molar-refractivity contribution >= 4 is 23.0 Å². The molecule has 3 rings (SSSR count). The quantitative estimate of drug-likeness (QED) is 0.675. The van der Waals surface area contributed by atoms with Crippen molar-refractivity contribution in [3.05, 3.63) is 45.4 Å². The van der Waals surface area contributed by atoms with E-state index in [4.69, 9.17) is 5.73 Å². The number of nitrogens with two attached hydrogens (primary N) is 1. The van der Waals surface area contributed by atoms with Crippen molar-refractivity contribution in [3.8, 4) is 0 Å². The molecule has 110 valence electrons. The average molecular weight is 300 g/mol. The van der Waals surface area contributed by atoms with E-state index in [-0.39, 0.29) is 0 Å². The molecule has 21 heavy (non-hydrogen) atoms. The summed E-state index contributed by atoms with van der Waals surface area (Å²) in [5, 5.41) is 4.32. The number of anilines is 1. The predicted octanol–water partition coefficient (Wildman–Crippen LogP) is 3.26. The van der Waals surface area contributed by atoms with Crippen LogP contribution in [0.4, 0.5) is 5.69 Å². The van der Waals surface area contributed by atoms with Gasteiger partial charge in [-0.3, -0.25) is 0 Å². The largest absolute Gasteiger partial charge is 0.370 e. The number of benzene rings is 1. The molecule has 1 aliphatic rings. The number of nitrogens with one attached hydrogen (secondary N) is 1. The van der Waals surface area contributed by atoms with Crippen LogP contribution in [0.2, 0.25) is 0 Å². The molecule has 0 fully saturated rings. The SMILES string of the molecule is Cc1ncc(CN=C(N)Nc2cccc3c2CCCC3)s1. The number of aryl methyl sites for hydroxylation is 2. The van der Waals surface area contributed by atoms with E-state index in [2.05, 4.69) is 33.5 Å². The monoisotopic (exact) mass is 300 g/mol. The summed E-state index contributed by atoms with van der Waals surface area (Å²) in [5.41, 5.74) is 9.96. The summed E-state index contributed by atoms with van der Waals surface area (Å²) < 4.78 is 0. The lowest BCUT2D eigenvalue weighted by Gasteiger charge is -2.19. The van der Waals surface area contributed by atoms with E-state index < -0.39 is 0 Å². The molecule has 4 nitrogen and oxygen atoms in total. The van der Waals surface area contributed by atoms with Gasteiger partial charge in [-0.1, -0.05) is 12.1 Å². The first-order valence-corrected chi connectivity index (χ1v) is 8.13. The van der Waals surface area contributed by atoms with Crippen LogP contribution in [-0.2, 0) is 19.4 Å². The standard InChI is InChI=1S/C16H20N4S/c1-11-18-9-13(21-11)10-19-16(17)20-15-8-4-6-12-5-2-3-7-14(12)15/h4,6,8-9H,2-3,5,7,10H2,1H3,(H3,17,19,20). The number of aromatic nitrogens is 1. The highest BCUT2D eigenvalue weighted by atomic mass is 32.1. The summed E-state index contributed by atoms with van der Waals surface area (Å²) in [5.74, 6) is 0.472. The molecule has 1 aromatic heterocycles. The zero-order valence-electron chi connectivity index (χ0n) is 12.2. The highest BCUT2D eigenvalue weighted by molar-refractivity contribution is 7.11. The second-order valence-corrected chi connectivity index (χ2v) is 6.64. The van der Waals surface area contributed by atoms with Crippen molar-refractivity contribution in [2.75, 3.05) is 5.32 Å². The van der Waals surface area contributed by atoms with Gasteiger partial charge in [0.25, 0.3) is 0 Å². The fourth-order valence-corrected chi connectivity index (χ4v) is 3.44. The molecule has 0 saturated carbocycles. The second kappa shape index (κ2) is 6.26. The fraction of sp³-hybridized carbons (Fsp3) is 0.375. The average Bonchev–Trinajstić information content (AvgIpc) is 2.91. The Morgan fingerprint density at radius 3 is 3.05 bits per heavy atom. The Labute approximate surface area is 129 Å². The minimum Gasteiger partial charge on any atom is -0.370 e. The van der Waals surface area contributed by atoms with Crippen LogP contribution >= 0.6 is 11.3 Å². The normalized spacial score (nSPS) is 14.8. The first-order valence-electron chi connectivity index (χ1n) is 7.31. The van der Waals surface area contributed by atoms with E-state index in [0.717, 1.165) is 22.0 Å². The summed E-state index contributed by atoms with van der Waals surface area (Å²) in [4.78, 5) is 9.76. The topological polar surface area (TPSA) is 63.3 Å². The highest BCUT2D eigenvalue weighted by Crippen LogP contribution is 2.27. The molecule has 0 atom stereocenters. The molecule has 0 saturated heterocycles. The maximum atomic E-state index is 6.02. The molecule has 1 aliphatic carbocycles. The molecule has 0 amide bonds. The second-order valence-electron chi connectivity index (χ2n) is 5.32. The Bertz CT molecular complexity index is 660. The van der Waals surface area contributed by atoms with Crippen LogP contribution in [0.15, 0.2) is 29.4 Å². The number of hydrogen-bond donors (Lipinski definition) is 2. The number of guanidine groups is 1. The van der Waals surface area contributed by atoms with Gasteiger partial charge in [0.1, 0.15) is 0 Å². The Hall–Kier alpha value is -1.88. The van der Waals surface area contributed by atoms with Crippen LogP contribution in [0, 0.1) is 6.92 Å². The number of aliphatic imine (C=N–C) groups is 1. The van der Waals surface area contributed by atoms with Crippen molar-refractivity contribution in [2.24, 2.45) is 10.7 Å². The maximum Gasteiger partial charge on any atom is 0.193 e. The van der Waals surface area contributed by atoms with Gasteiger partial charge in [0.05, 0.1) is 11.6 Å². The Morgan fingerprint density at radius 1 is 1.38 bits per heavy atom. The molecule has 3 N–H and O–H groups in total. The van der Waals surface area contributed by atoms with Crippen molar-refractivity contribution in [1.29, 1.82) is 0 Å². The third kappa shape index (κ3) is 3.42. The smallest absolute Gasteiger partial charge is 0.193 e. The van der Waals surface area contributed by atoms with Gasteiger partial charge in [-0.25, -0.2) is 9.98 Å². The summed E-state index contributed by atoms with van der Waals surface area (Å²) in [7, 11) is 0. The number of hydrogen-bond acceptors (Lipinski definition) is 3. The molecular formula is C16H20N4S. The van der Waals surface area contributed by atoms with Crippen LogP contribution in [0.5, 0.6) is 0 Å². The minimum absolute atomic E-state index is 0.472. The third-order valence-electron chi connectivity index (χ3n) is 3.73. The maximum absolute atomic E-state index is 6.02. The van der Waals surface area contributed by atoms with Crippen LogP contribution < -0.4 is 11.1 Å². The van der Waals surface area contributed by atoms with Crippen LogP contribution in [0.25, 0.3) is 0 Å². The zero-order chi connectivity index (χ0) is 14.7. The van der Waals surface area contributed by atoms with Gasteiger partial charge in [-0.15, -0.1) is 11.3 Å². The predicted molar refractivity (Wildman–Crippen MR) is 88.9 cm³/mol. The van der Waals surface area contributed by atoms with Crippen LogP contribution in [0.3, 0.4) is 0 Å².